The van der Waals surface area contributed by atoms with E-state index in [2.05, 4.69) is 4.98 Å². The van der Waals surface area contributed by atoms with Crippen LogP contribution in [0.5, 0.6) is 5.75 Å². The van der Waals surface area contributed by atoms with Crippen molar-refractivity contribution in [1.29, 1.82) is 0 Å². The molecule has 2 saturated heterocycles. The summed E-state index contributed by atoms with van der Waals surface area (Å²) in [6.45, 7) is 1.71. The van der Waals surface area contributed by atoms with Crippen molar-refractivity contribution >= 4 is 5.65 Å². The van der Waals surface area contributed by atoms with Crippen LogP contribution in [-0.2, 0) is 4.74 Å². The first kappa shape index (κ1) is 10.4. The second-order valence-corrected chi connectivity index (χ2v) is 5.49. The zero-order valence-corrected chi connectivity index (χ0v) is 10.2. The Morgan fingerprint density at radius 2 is 2.39 bits per heavy atom. The second-order valence-electron chi connectivity index (χ2n) is 5.49. The van der Waals surface area contributed by atoms with Gasteiger partial charge >= 0.3 is 0 Å². The van der Waals surface area contributed by atoms with Gasteiger partial charge in [-0.25, -0.2) is 4.98 Å². The molecule has 2 aromatic rings. The summed E-state index contributed by atoms with van der Waals surface area (Å²) in [5, 5.41) is 0. The van der Waals surface area contributed by atoms with Crippen LogP contribution in [0.4, 0.5) is 0 Å². The third kappa shape index (κ3) is 1.60. The largest absolute Gasteiger partial charge is 0.493 e. The van der Waals surface area contributed by atoms with E-state index in [1.165, 1.54) is 12.8 Å². The van der Waals surface area contributed by atoms with E-state index in [4.69, 9.17) is 9.47 Å². The number of fused-ring (bicyclic) bond motifs is 3. The number of rotatable bonds is 3. The van der Waals surface area contributed by atoms with Crippen molar-refractivity contribution in [2.24, 2.45) is 5.41 Å². The Kier molecular flexibility index (Phi) is 2.14. The van der Waals surface area contributed by atoms with Crippen LogP contribution < -0.4 is 4.74 Å². The van der Waals surface area contributed by atoms with E-state index in [1.807, 2.05) is 28.9 Å². The number of nitrogens with zero attached hydrogens (tertiary/aromatic N) is 2. The van der Waals surface area contributed by atoms with Gasteiger partial charge in [0.05, 0.1) is 12.7 Å². The summed E-state index contributed by atoms with van der Waals surface area (Å²) >= 11 is 0. The van der Waals surface area contributed by atoms with Gasteiger partial charge in [-0.2, -0.15) is 0 Å². The van der Waals surface area contributed by atoms with Gasteiger partial charge in [-0.1, -0.05) is 0 Å². The number of hydrogen-bond acceptors (Lipinski definition) is 3. The molecule has 0 unspecified atom stereocenters. The van der Waals surface area contributed by atoms with E-state index < -0.39 is 0 Å². The molecule has 4 heterocycles. The first-order valence-corrected chi connectivity index (χ1v) is 6.50. The molecule has 3 fully saturated rings. The van der Waals surface area contributed by atoms with Crippen LogP contribution in [0.15, 0.2) is 30.7 Å². The third-order valence-electron chi connectivity index (χ3n) is 4.22. The minimum atomic E-state index is 0.379. The highest BCUT2D eigenvalue weighted by molar-refractivity contribution is 5.44. The minimum absolute atomic E-state index is 0.379. The average Bonchev–Trinajstić information content (AvgIpc) is 2.83. The fraction of sp³-hybridized carbons (Fsp3) is 0.500. The lowest BCUT2D eigenvalue weighted by atomic mass is 9.63. The van der Waals surface area contributed by atoms with Gasteiger partial charge in [0.2, 0.25) is 0 Å². The van der Waals surface area contributed by atoms with Crippen LogP contribution in [0.1, 0.15) is 19.3 Å². The molecule has 1 saturated carbocycles. The normalized spacial score (nSPS) is 30.1. The maximum Gasteiger partial charge on any atom is 0.140 e. The maximum atomic E-state index is 5.96. The lowest BCUT2D eigenvalue weighted by molar-refractivity contribution is -0.160. The van der Waals surface area contributed by atoms with E-state index in [0.717, 1.165) is 31.0 Å². The molecular formula is C14H16N2O2. The number of ether oxygens (including phenoxy) is 2. The molecule has 0 aromatic carbocycles. The van der Waals surface area contributed by atoms with Crippen molar-refractivity contribution in [2.75, 3.05) is 13.2 Å². The van der Waals surface area contributed by atoms with Crippen LogP contribution in [-0.4, -0.2) is 28.7 Å². The van der Waals surface area contributed by atoms with Crippen molar-refractivity contribution in [3.63, 3.8) is 0 Å². The highest BCUT2D eigenvalue weighted by Crippen LogP contribution is 2.49. The molecule has 2 aliphatic heterocycles. The zero-order valence-electron chi connectivity index (χ0n) is 10.2. The molecule has 5 rings (SSSR count). The Morgan fingerprint density at radius 3 is 3.22 bits per heavy atom. The summed E-state index contributed by atoms with van der Waals surface area (Å²) in [6.07, 6.45) is 9.69. The van der Waals surface area contributed by atoms with Gasteiger partial charge in [-0.05, 0) is 25.3 Å². The first-order valence-electron chi connectivity index (χ1n) is 6.50. The predicted octanol–water partition coefficient (Wildman–Crippen LogP) is 2.28. The molecule has 4 nitrogen and oxygen atoms in total. The van der Waals surface area contributed by atoms with Crippen LogP contribution in [0.2, 0.25) is 0 Å². The molecule has 0 amide bonds. The van der Waals surface area contributed by atoms with Crippen molar-refractivity contribution < 1.29 is 9.47 Å². The van der Waals surface area contributed by atoms with Gasteiger partial charge in [-0.3, -0.25) is 0 Å². The van der Waals surface area contributed by atoms with Crippen molar-refractivity contribution in [2.45, 2.75) is 25.4 Å². The SMILES string of the molecule is c1cn2ccc(OCC34CCOC(C3)C4)cc2n1. The average molecular weight is 244 g/mol. The molecule has 3 aliphatic rings. The van der Waals surface area contributed by atoms with Gasteiger partial charge in [0, 0.05) is 36.7 Å². The molecule has 0 radical (unpaired) electrons. The Hall–Kier alpha value is -1.55. The van der Waals surface area contributed by atoms with E-state index in [1.54, 1.807) is 6.20 Å². The third-order valence-corrected chi connectivity index (χ3v) is 4.22. The van der Waals surface area contributed by atoms with E-state index in [0.29, 0.717) is 11.5 Å². The lowest BCUT2D eigenvalue weighted by Gasteiger charge is -2.51. The molecule has 0 N–H and O–H groups in total. The molecular weight excluding hydrogens is 228 g/mol. The molecule has 18 heavy (non-hydrogen) atoms. The van der Waals surface area contributed by atoms with Crippen LogP contribution in [0.3, 0.4) is 0 Å². The van der Waals surface area contributed by atoms with Gasteiger partial charge in [-0.15, -0.1) is 0 Å². The van der Waals surface area contributed by atoms with Gasteiger partial charge in [0.25, 0.3) is 0 Å². The molecule has 0 spiro atoms. The van der Waals surface area contributed by atoms with Crippen LogP contribution in [0, 0.1) is 5.41 Å². The van der Waals surface area contributed by atoms with Crippen molar-refractivity contribution in [3.8, 4) is 5.75 Å². The van der Waals surface area contributed by atoms with Gasteiger partial charge in [0.1, 0.15) is 11.4 Å². The zero-order chi connectivity index (χ0) is 12.0. The smallest absolute Gasteiger partial charge is 0.140 e. The van der Waals surface area contributed by atoms with Crippen molar-refractivity contribution in [3.05, 3.63) is 30.7 Å². The van der Waals surface area contributed by atoms with Crippen LogP contribution in [0.25, 0.3) is 5.65 Å². The van der Waals surface area contributed by atoms with E-state index >= 15 is 0 Å². The summed E-state index contributed by atoms with van der Waals surface area (Å²) in [5.41, 5.74) is 1.31. The van der Waals surface area contributed by atoms with Crippen molar-refractivity contribution in [1.82, 2.24) is 9.38 Å². The predicted molar refractivity (Wildman–Crippen MR) is 66.7 cm³/mol. The molecule has 1 aliphatic carbocycles. The molecule has 2 aromatic heterocycles. The summed E-state index contributed by atoms with van der Waals surface area (Å²) in [6, 6.07) is 3.99. The highest BCUT2D eigenvalue weighted by atomic mass is 16.5. The lowest BCUT2D eigenvalue weighted by Crippen LogP contribution is -2.51. The second kappa shape index (κ2) is 3.72. The Bertz CT molecular complexity index is 566. The van der Waals surface area contributed by atoms with Gasteiger partial charge in [0.15, 0.2) is 0 Å². The van der Waals surface area contributed by atoms with E-state index in [-0.39, 0.29) is 0 Å². The van der Waals surface area contributed by atoms with E-state index in [9.17, 15) is 0 Å². The molecule has 94 valence electrons. The molecule has 4 heteroatoms. The van der Waals surface area contributed by atoms with Crippen LogP contribution >= 0.6 is 0 Å². The monoisotopic (exact) mass is 244 g/mol. The minimum Gasteiger partial charge on any atom is -0.493 e. The number of imidazole rings is 1. The Balaban J connectivity index is 1.48. The van der Waals surface area contributed by atoms with Gasteiger partial charge < -0.3 is 13.9 Å². The molecule has 0 atom stereocenters. The number of hydrogen-bond donors (Lipinski definition) is 0. The number of aromatic nitrogens is 2. The fourth-order valence-electron chi connectivity index (χ4n) is 3.08. The fourth-order valence-corrected chi connectivity index (χ4v) is 3.08. The quantitative estimate of drug-likeness (QED) is 0.831. The standard InChI is InChI=1S/C14H16N2O2/c1-4-16-5-3-15-13(16)7-11(1)18-10-14-2-6-17-12(8-14)9-14/h1,3-5,7,12H,2,6,8-10H2. The molecule has 2 bridgehead atoms. The summed E-state index contributed by atoms with van der Waals surface area (Å²) < 4.78 is 13.5. The first-order chi connectivity index (χ1) is 8.83. The summed E-state index contributed by atoms with van der Waals surface area (Å²) in [4.78, 5) is 4.26. The highest BCUT2D eigenvalue weighted by Gasteiger charge is 2.48. The Morgan fingerprint density at radius 1 is 1.44 bits per heavy atom. The maximum absolute atomic E-state index is 5.96. The summed E-state index contributed by atoms with van der Waals surface area (Å²) in [7, 11) is 0. The number of pyridine rings is 1. The Labute approximate surface area is 106 Å². The topological polar surface area (TPSA) is 35.8 Å². The summed E-state index contributed by atoms with van der Waals surface area (Å²) in [5.74, 6) is 0.915.